The molecule has 26 heavy (non-hydrogen) atoms. The van der Waals surface area contributed by atoms with Gasteiger partial charge < -0.3 is 10.1 Å². The van der Waals surface area contributed by atoms with Crippen molar-refractivity contribution in [1.82, 2.24) is 0 Å². The number of esters is 1. The van der Waals surface area contributed by atoms with Crippen LogP contribution in [0, 0.1) is 0 Å². The summed E-state index contributed by atoms with van der Waals surface area (Å²) in [5.74, 6) is -0.941. The molecule has 5 nitrogen and oxygen atoms in total. The molecular weight excluding hydrogens is 397 g/mol. The molecule has 0 aliphatic heterocycles. The number of carbonyl (C=O) groups excluding carboxylic acids is 2. The number of hydrogen-bond donors (Lipinski definition) is 1. The molecule has 0 saturated carbocycles. The van der Waals surface area contributed by atoms with Crippen LogP contribution in [-0.2, 0) is 20.3 Å². The van der Waals surface area contributed by atoms with E-state index >= 15 is 0 Å². The van der Waals surface area contributed by atoms with Gasteiger partial charge in [0.25, 0.3) is 5.91 Å². The maximum atomic E-state index is 12.4. The van der Waals surface area contributed by atoms with Gasteiger partial charge in [-0.1, -0.05) is 48.3 Å². The molecule has 0 saturated heterocycles. The molecule has 0 aromatic heterocycles. The van der Waals surface area contributed by atoms with Crippen LogP contribution in [0.25, 0.3) is 0 Å². The average molecular weight is 414 g/mol. The zero-order valence-electron chi connectivity index (χ0n) is 14.1. The van der Waals surface area contributed by atoms with E-state index in [0.29, 0.717) is 10.6 Å². The normalized spacial score (nSPS) is 12.9. The third kappa shape index (κ3) is 4.84. The Kier molecular flexibility index (Phi) is 7.20. The van der Waals surface area contributed by atoms with Crippen LogP contribution in [0.3, 0.4) is 0 Å². The standard InChI is InChI=1S/C18H17Cl2NO4S/c1-3-26(24)15-10-5-4-7-12(15)18(23)25-11(2)17(22)21-16-13(19)8-6-9-14(16)20/h4-11H,3H2,1-2H3,(H,21,22)/t11-,26-/m0/s1. The van der Waals surface area contributed by atoms with Crippen LogP contribution in [0.1, 0.15) is 24.2 Å². The lowest BCUT2D eigenvalue weighted by Crippen LogP contribution is -2.30. The van der Waals surface area contributed by atoms with E-state index in [4.69, 9.17) is 27.9 Å². The minimum absolute atomic E-state index is 0.170. The van der Waals surface area contributed by atoms with Gasteiger partial charge in [-0.25, -0.2) is 4.79 Å². The number of carbonyl (C=O) groups is 2. The fraction of sp³-hybridized carbons (Fsp3) is 0.222. The van der Waals surface area contributed by atoms with Crippen LogP contribution in [-0.4, -0.2) is 27.9 Å². The molecule has 0 fully saturated rings. The van der Waals surface area contributed by atoms with Crippen LogP contribution in [0.5, 0.6) is 0 Å². The highest BCUT2D eigenvalue weighted by Crippen LogP contribution is 2.30. The van der Waals surface area contributed by atoms with Crippen molar-refractivity contribution in [3.63, 3.8) is 0 Å². The second kappa shape index (κ2) is 9.16. The van der Waals surface area contributed by atoms with E-state index in [0.717, 1.165) is 0 Å². The van der Waals surface area contributed by atoms with Crippen molar-refractivity contribution >= 4 is 51.6 Å². The van der Waals surface area contributed by atoms with Crippen molar-refractivity contribution in [3.05, 3.63) is 58.1 Å². The number of ether oxygens (including phenoxy) is 1. The van der Waals surface area contributed by atoms with Crippen LogP contribution in [0.15, 0.2) is 47.4 Å². The first-order valence-electron chi connectivity index (χ1n) is 7.78. The molecule has 0 radical (unpaired) electrons. The summed E-state index contributed by atoms with van der Waals surface area (Å²) in [4.78, 5) is 25.1. The van der Waals surface area contributed by atoms with Crippen LogP contribution >= 0.6 is 23.2 Å². The number of hydrogen-bond acceptors (Lipinski definition) is 4. The zero-order valence-corrected chi connectivity index (χ0v) is 16.5. The molecule has 2 rings (SSSR count). The number of anilines is 1. The first-order valence-corrected chi connectivity index (χ1v) is 9.85. The van der Waals surface area contributed by atoms with Crippen molar-refractivity contribution in [2.45, 2.75) is 24.8 Å². The van der Waals surface area contributed by atoms with Crippen LogP contribution < -0.4 is 5.32 Å². The monoisotopic (exact) mass is 413 g/mol. The zero-order chi connectivity index (χ0) is 19.3. The fourth-order valence-electron chi connectivity index (χ4n) is 2.11. The Hall–Kier alpha value is -1.89. The Morgan fingerprint density at radius 3 is 2.35 bits per heavy atom. The van der Waals surface area contributed by atoms with Gasteiger partial charge >= 0.3 is 5.97 Å². The highest BCUT2D eigenvalue weighted by molar-refractivity contribution is 7.85. The van der Waals surface area contributed by atoms with E-state index in [1.807, 2.05) is 0 Å². The van der Waals surface area contributed by atoms with Crippen molar-refractivity contribution in [1.29, 1.82) is 0 Å². The van der Waals surface area contributed by atoms with E-state index < -0.39 is 28.8 Å². The second-order valence-electron chi connectivity index (χ2n) is 5.26. The SMILES string of the molecule is CC[S@](=O)c1ccccc1C(=O)O[C@@H](C)C(=O)Nc1c(Cl)cccc1Cl. The molecule has 0 aliphatic rings. The molecule has 2 aromatic rings. The predicted octanol–water partition coefficient (Wildman–Crippen LogP) is 4.30. The first-order chi connectivity index (χ1) is 12.3. The number of halogens is 2. The molecule has 0 spiro atoms. The minimum Gasteiger partial charge on any atom is -0.449 e. The van der Waals surface area contributed by atoms with Gasteiger partial charge in [-0.15, -0.1) is 0 Å². The summed E-state index contributed by atoms with van der Waals surface area (Å²) in [7, 11) is -1.32. The highest BCUT2D eigenvalue weighted by Gasteiger charge is 2.23. The lowest BCUT2D eigenvalue weighted by atomic mass is 10.2. The second-order valence-corrected chi connectivity index (χ2v) is 7.79. The summed E-state index contributed by atoms with van der Waals surface area (Å²) in [5.41, 5.74) is 0.416. The van der Waals surface area contributed by atoms with Crippen molar-refractivity contribution in [2.24, 2.45) is 0 Å². The highest BCUT2D eigenvalue weighted by atomic mass is 35.5. The van der Waals surface area contributed by atoms with Crippen molar-refractivity contribution in [3.8, 4) is 0 Å². The van der Waals surface area contributed by atoms with Gasteiger partial charge in [0.1, 0.15) is 0 Å². The summed E-state index contributed by atoms with van der Waals surface area (Å²) in [6.07, 6.45) is -1.10. The van der Waals surface area contributed by atoms with E-state index in [9.17, 15) is 13.8 Å². The van der Waals surface area contributed by atoms with Gasteiger partial charge in [0.15, 0.2) is 6.10 Å². The summed E-state index contributed by atoms with van der Waals surface area (Å²) >= 11 is 12.0. The van der Waals surface area contributed by atoms with E-state index in [2.05, 4.69) is 5.32 Å². The van der Waals surface area contributed by atoms with Crippen LogP contribution in [0.4, 0.5) is 5.69 Å². The Balaban J connectivity index is 2.12. The lowest BCUT2D eigenvalue weighted by Gasteiger charge is -2.16. The summed E-state index contributed by atoms with van der Waals surface area (Å²) in [6.45, 7) is 3.18. The Bertz CT molecular complexity index is 837. The Morgan fingerprint density at radius 2 is 1.73 bits per heavy atom. The number of para-hydroxylation sites is 1. The maximum Gasteiger partial charge on any atom is 0.340 e. The third-order valence-electron chi connectivity index (χ3n) is 3.48. The quantitative estimate of drug-likeness (QED) is 0.716. The van der Waals surface area contributed by atoms with E-state index in [-0.39, 0.29) is 21.3 Å². The van der Waals surface area contributed by atoms with Gasteiger partial charge in [0.05, 0.1) is 37.0 Å². The molecule has 8 heteroatoms. The minimum atomic E-state index is -1.32. The molecule has 0 unspecified atom stereocenters. The lowest BCUT2D eigenvalue weighted by molar-refractivity contribution is -0.123. The topological polar surface area (TPSA) is 72.5 Å². The van der Waals surface area contributed by atoms with Crippen molar-refractivity contribution in [2.75, 3.05) is 11.1 Å². The largest absolute Gasteiger partial charge is 0.449 e. The van der Waals surface area contributed by atoms with Crippen LogP contribution in [0.2, 0.25) is 10.0 Å². The van der Waals surface area contributed by atoms with Gasteiger partial charge in [0, 0.05) is 5.75 Å². The molecule has 138 valence electrons. The predicted molar refractivity (Wildman–Crippen MR) is 103 cm³/mol. The fourth-order valence-corrected chi connectivity index (χ4v) is 3.54. The molecule has 0 heterocycles. The molecule has 2 aromatic carbocycles. The smallest absolute Gasteiger partial charge is 0.340 e. The Morgan fingerprint density at radius 1 is 1.12 bits per heavy atom. The molecular formula is C18H17Cl2NO4S. The molecule has 1 N–H and O–H groups in total. The maximum absolute atomic E-state index is 12.4. The van der Waals surface area contributed by atoms with Gasteiger partial charge in [-0.3, -0.25) is 9.00 Å². The molecule has 0 bridgehead atoms. The Labute approximate surface area is 164 Å². The first kappa shape index (κ1) is 20.4. The van der Waals surface area contributed by atoms with Gasteiger partial charge in [-0.05, 0) is 31.2 Å². The van der Waals surface area contributed by atoms with E-state index in [1.54, 1.807) is 43.3 Å². The molecule has 1 amide bonds. The number of amides is 1. The van der Waals surface area contributed by atoms with Gasteiger partial charge in [0.2, 0.25) is 0 Å². The summed E-state index contributed by atoms with van der Waals surface area (Å²) in [5, 5.41) is 3.09. The van der Waals surface area contributed by atoms with E-state index in [1.165, 1.54) is 13.0 Å². The number of nitrogens with one attached hydrogen (secondary N) is 1. The summed E-state index contributed by atoms with van der Waals surface area (Å²) < 4.78 is 17.3. The number of rotatable bonds is 6. The van der Waals surface area contributed by atoms with Crippen molar-refractivity contribution < 1.29 is 18.5 Å². The van der Waals surface area contributed by atoms with Gasteiger partial charge in [-0.2, -0.15) is 0 Å². The summed E-state index contributed by atoms with van der Waals surface area (Å²) in [6, 6.07) is 11.3. The molecule has 2 atom stereocenters. The third-order valence-corrected chi connectivity index (χ3v) is 5.48. The number of benzene rings is 2. The average Bonchev–Trinajstić information content (AvgIpc) is 2.63. The molecule has 0 aliphatic carbocycles.